The second kappa shape index (κ2) is 6.76. The van der Waals surface area contributed by atoms with Gasteiger partial charge in [0.15, 0.2) is 5.82 Å². The van der Waals surface area contributed by atoms with Crippen LogP contribution < -0.4 is 4.72 Å². The summed E-state index contributed by atoms with van der Waals surface area (Å²) in [5.41, 5.74) is 1.08. The number of hydrogen-bond acceptors (Lipinski definition) is 4. The zero-order valence-corrected chi connectivity index (χ0v) is 16.4. The molecular weight excluding hydrogens is 466 g/mol. The van der Waals surface area contributed by atoms with E-state index in [1.54, 1.807) is 29.1 Å². The lowest BCUT2D eigenvalue weighted by Crippen LogP contribution is -2.12. The van der Waals surface area contributed by atoms with Gasteiger partial charge in [-0.1, -0.05) is 28.1 Å². The van der Waals surface area contributed by atoms with E-state index in [4.69, 9.17) is 0 Å². The number of anilines is 1. The highest BCUT2D eigenvalue weighted by Crippen LogP contribution is 2.27. The van der Waals surface area contributed by atoms with Crippen LogP contribution in [0.15, 0.2) is 61.1 Å². The maximum atomic E-state index is 12.2. The average Bonchev–Trinajstić information content (AvgIpc) is 3.11. The number of nitrogens with zero attached hydrogens (tertiary/aromatic N) is 2. The van der Waals surface area contributed by atoms with Crippen LogP contribution >= 0.6 is 43.2 Å². The Bertz CT molecular complexity index is 918. The van der Waals surface area contributed by atoms with E-state index in [0.29, 0.717) is 12.4 Å². The Morgan fingerprint density at radius 3 is 2.48 bits per heavy atom. The smallest absolute Gasteiger partial charge is 0.266 e. The van der Waals surface area contributed by atoms with Gasteiger partial charge >= 0.3 is 0 Å². The van der Waals surface area contributed by atoms with Gasteiger partial charge in [-0.2, -0.15) is 5.10 Å². The number of nitrogens with one attached hydrogen (secondary N) is 1. The third kappa shape index (κ3) is 4.23. The Morgan fingerprint density at radius 1 is 1.09 bits per heavy atom. The van der Waals surface area contributed by atoms with Crippen molar-refractivity contribution in [1.29, 1.82) is 0 Å². The Hall–Kier alpha value is -1.16. The molecule has 3 rings (SSSR count). The summed E-state index contributed by atoms with van der Waals surface area (Å²) in [5, 5.41) is 4.25. The van der Waals surface area contributed by atoms with E-state index in [2.05, 4.69) is 41.7 Å². The highest BCUT2D eigenvalue weighted by molar-refractivity contribution is 9.11. The lowest BCUT2D eigenvalue weighted by molar-refractivity contribution is 0.602. The lowest BCUT2D eigenvalue weighted by atomic mass is 10.2. The van der Waals surface area contributed by atoms with Gasteiger partial charge in [0.1, 0.15) is 4.21 Å². The molecule has 0 radical (unpaired) electrons. The minimum Gasteiger partial charge on any atom is -0.266 e. The Labute approximate surface area is 154 Å². The standard InChI is InChI=1S/C14H11Br2N3O2S2/c15-11-3-1-10(2-4-11)9-19-8-7-13(17-19)18-23(20,21)14-6-5-12(16)22-14/h1-8H,9H2,(H,17,18). The summed E-state index contributed by atoms with van der Waals surface area (Å²) < 4.78 is 30.7. The van der Waals surface area contributed by atoms with Gasteiger partial charge in [0.2, 0.25) is 0 Å². The number of thiophene rings is 1. The largest absolute Gasteiger partial charge is 0.272 e. The molecule has 0 unspecified atom stereocenters. The van der Waals surface area contributed by atoms with E-state index in [1.165, 1.54) is 0 Å². The molecule has 1 aromatic carbocycles. The molecule has 0 aliphatic carbocycles. The van der Waals surface area contributed by atoms with E-state index in [-0.39, 0.29) is 4.21 Å². The number of rotatable bonds is 5. The zero-order chi connectivity index (χ0) is 16.4. The highest BCUT2D eigenvalue weighted by Gasteiger charge is 2.17. The Morgan fingerprint density at radius 2 is 1.83 bits per heavy atom. The van der Waals surface area contributed by atoms with Gasteiger partial charge in [-0.05, 0) is 45.8 Å². The van der Waals surface area contributed by atoms with Crippen molar-refractivity contribution < 1.29 is 8.42 Å². The van der Waals surface area contributed by atoms with Crippen molar-refractivity contribution in [2.24, 2.45) is 0 Å². The average molecular weight is 477 g/mol. The molecule has 0 saturated carbocycles. The summed E-state index contributed by atoms with van der Waals surface area (Å²) in [7, 11) is -3.60. The molecule has 9 heteroatoms. The molecule has 0 saturated heterocycles. The molecule has 0 aliphatic rings. The van der Waals surface area contributed by atoms with Crippen molar-refractivity contribution in [2.45, 2.75) is 10.8 Å². The van der Waals surface area contributed by atoms with Crippen LogP contribution in [0.3, 0.4) is 0 Å². The van der Waals surface area contributed by atoms with Crippen LogP contribution in [0, 0.1) is 0 Å². The second-order valence-electron chi connectivity index (χ2n) is 4.69. The summed E-state index contributed by atoms with van der Waals surface area (Å²) >= 11 is 7.80. The van der Waals surface area contributed by atoms with Crippen LogP contribution in [0.5, 0.6) is 0 Å². The van der Waals surface area contributed by atoms with Gasteiger partial charge in [-0.3, -0.25) is 9.40 Å². The third-order valence-electron chi connectivity index (χ3n) is 2.95. The lowest BCUT2D eigenvalue weighted by Gasteiger charge is -2.04. The molecule has 2 heterocycles. The summed E-state index contributed by atoms with van der Waals surface area (Å²) in [6.07, 6.45) is 1.74. The van der Waals surface area contributed by atoms with Gasteiger partial charge in [0, 0.05) is 16.7 Å². The zero-order valence-electron chi connectivity index (χ0n) is 11.6. The van der Waals surface area contributed by atoms with Crippen molar-refractivity contribution in [3.63, 3.8) is 0 Å². The molecule has 0 aliphatic heterocycles. The molecule has 0 amide bonds. The monoisotopic (exact) mass is 475 g/mol. The summed E-state index contributed by atoms with van der Waals surface area (Å²) in [6.45, 7) is 0.569. The van der Waals surface area contributed by atoms with Crippen molar-refractivity contribution in [3.05, 3.63) is 62.5 Å². The van der Waals surface area contributed by atoms with E-state index in [9.17, 15) is 8.42 Å². The molecule has 0 atom stereocenters. The predicted octanol–water partition coefficient (Wildman–Crippen LogP) is 4.32. The predicted molar refractivity (Wildman–Crippen MR) is 98.3 cm³/mol. The molecular formula is C14H11Br2N3O2S2. The van der Waals surface area contributed by atoms with Crippen LogP contribution in [0.1, 0.15) is 5.56 Å². The van der Waals surface area contributed by atoms with E-state index >= 15 is 0 Å². The Balaban J connectivity index is 1.73. The fourth-order valence-electron chi connectivity index (χ4n) is 1.91. The number of sulfonamides is 1. The first-order chi connectivity index (χ1) is 10.9. The maximum Gasteiger partial charge on any atom is 0.272 e. The normalized spacial score (nSPS) is 11.6. The number of benzene rings is 1. The topological polar surface area (TPSA) is 64.0 Å². The molecule has 120 valence electrons. The minimum absolute atomic E-state index is 0.242. The molecule has 2 aromatic heterocycles. The van der Waals surface area contributed by atoms with Gasteiger partial charge in [-0.15, -0.1) is 11.3 Å². The van der Waals surface area contributed by atoms with E-state index in [1.807, 2.05) is 24.3 Å². The fourth-order valence-corrected chi connectivity index (χ4v) is 5.18. The number of aromatic nitrogens is 2. The SMILES string of the molecule is O=S(=O)(Nc1ccn(Cc2ccc(Br)cc2)n1)c1ccc(Br)s1. The van der Waals surface area contributed by atoms with E-state index < -0.39 is 10.0 Å². The fraction of sp³-hybridized carbons (Fsp3) is 0.0714. The molecule has 5 nitrogen and oxygen atoms in total. The second-order valence-corrected chi connectivity index (χ2v) is 9.98. The number of halogens is 2. The van der Waals surface area contributed by atoms with E-state index in [0.717, 1.165) is 25.2 Å². The Kier molecular flexibility index (Phi) is 4.90. The van der Waals surface area contributed by atoms with Crippen LogP contribution in [0.25, 0.3) is 0 Å². The first kappa shape index (κ1) is 16.7. The molecule has 23 heavy (non-hydrogen) atoms. The molecule has 0 bridgehead atoms. The molecule has 0 spiro atoms. The van der Waals surface area contributed by atoms with Crippen LogP contribution in [0.2, 0.25) is 0 Å². The summed E-state index contributed by atoms with van der Waals surface area (Å²) in [4.78, 5) is 0. The van der Waals surface area contributed by atoms with Gasteiger partial charge in [0.05, 0.1) is 10.3 Å². The quantitative estimate of drug-likeness (QED) is 0.596. The maximum absolute atomic E-state index is 12.2. The van der Waals surface area contributed by atoms with Crippen molar-refractivity contribution in [2.75, 3.05) is 4.72 Å². The first-order valence-corrected chi connectivity index (χ1v) is 10.4. The third-order valence-corrected chi connectivity index (χ3v) is 6.95. The number of hydrogen-bond donors (Lipinski definition) is 1. The van der Waals surface area contributed by atoms with Crippen molar-refractivity contribution in [3.8, 4) is 0 Å². The molecule has 3 aromatic rings. The minimum atomic E-state index is -3.60. The van der Waals surface area contributed by atoms with Crippen LogP contribution in [0.4, 0.5) is 5.82 Å². The van der Waals surface area contributed by atoms with Gasteiger partial charge in [0.25, 0.3) is 10.0 Å². The van der Waals surface area contributed by atoms with Crippen LogP contribution in [-0.2, 0) is 16.6 Å². The van der Waals surface area contributed by atoms with Crippen molar-refractivity contribution in [1.82, 2.24) is 9.78 Å². The van der Waals surface area contributed by atoms with Gasteiger partial charge in [-0.25, -0.2) is 8.42 Å². The van der Waals surface area contributed by atoms with Crippen molar-refractivity contribution >= 4 is 59.0 Å². The van der Waals surface area contributed by atoms with Crippen LogP contribution in [-0.4, -0.2) is 18.2 Å². The summed E-state index contributed by atoms with van der Waals surface area (Å²) in [6, 6.07) is 12.8. The molecule has 0 fully saturated rings. The summed E-state index contributed by atoms with van der Waals surface area (Å²) in [5.74, 6) is 0.298. The van der Waals surface area contributed by atoms with Gasteiger partial charge < -0.3 is 0 Å². The first-order valence-electron chi connectivity index (χ1n) is 6.48. The molecule has 1 N–H and O–H groups in total. The highest BCUT2D eigenvalue weighted by atomic mass is 79.9.